The van der Waals surface area contributed by atoms with E-state index in [4.69, 9.17) is 0 Å². The van der Waals surface area contributed by atoms with E-state index < -0.39 is 30.2 Å². The molecule has 1 unspecified atom stereocenters. The number of esters is 1. The van der Waals surface area contributed by atoms with Gasteiger partial charge in [-0.25, -0.2) is 9.59 Å². The van der Waals surface area contributed by atoms with Gasteiger partial charge in [-0.05, 0) is 5.56 Å². The Morgan fingerprint density at radius 3 is 2.22 bits per heavy atom. The molecule has 1 aliphatic rings. The third-order valence-electron chi connectivity index (χ3n) is 2.65. The number of carbonyl (C=O) groups excluding carboxylic acids is 2. The van der Waals surface area contributed by atoms with E-state index in [0.29, 0.717) is 0 Å². The second-order valence-corrected chi connectivity index (χ2v) is 3.87. The number of alkyl halides is 3. The van der Waals surface area contributed by atoms with E-state index in [1.165, 1.54) is 12.1 Å². The number of cyclic esters (lactones) is 2. The zero-order valence-electron chi connectivity index (χ0n) is 8.95. The minimum atomic E-state index is -4.92. The molecule has 1 aliphatic heterocycles. The third-order valence-corrected chi connectivity index (χ3v) is 2.65. The summed E-state index contributed by atoms with van der Waals surface area (Å²) in [7, 11) is 0. The predicted octanol–water partition coefficient (Wildman–Crippen LogP) is 1.80. The highest BCUT2D eigenvalue weighted by Crippen LogP contribution is 2.37. The molecule has 18 heavy (non-hydrogen) atoms. The number of halogens is 3. The second kappa shape index (κ2) is 4.01. The minimum absolute atomic E-state index is 0.272. The SMILES string of the molecule is O=C1NC(Cc2ccccc2)(C(F)(F)F)C(=O)O1. The summed E-state index contributed by atoms with van der Waals surface area (Å²) in [6, 6.07) is 7.59. The zero-order valence-corrected chi connectivity index (χ0v) is 8.95. The van der Waals surface area contributed by atoms with E-state index in [-0.39, 0.29) is 5.56 Å². The van der Waals surface area contributed by atoms with E-state index in [0.717, 1.165) is 0 Å². The Hall–Kier alpha value is -2.05. The molecule has 1 fully saturated rings. The molecule has 0 bridgehead atoms. The van der Waals surface area contributed by atoms with Crippen molar-refractivity contribution in [2.24, 2.45) is 0 Å². The number of carbonyl (C=O) groups is 2. The molecule has 96 valence electrons. The van der Waals surface area contributed by atoms with Crippen LogP contribution in [0.2, 0.25) is 0 Å². The highest BCUT2D eigenvalue weighted by Gasteiger charge is 2.66. The molecular weight excluding hydrogens is 251 g/mol. The maximum atomic E-state index is 13.0. The second-order valence-electron chi connectivity index (χ2n) is 3.87. The number of rotatable bonds is 2. The van der Waals surface area contributed by atoms with E-state index >= 15 is 0 Å². The molecule has 2 rings (SSSR count). The van der Waals surface area contributed by atoms with Crippen LogP contribution < -0.4 is 5.32 Å². The summed E-state index contributed by atoms with van der Waals surface area (Å²) >= 11 is 0. The number of benzene rings is 1. The number of ether oxygens (including phenoxy) is 1. The number of nitrogens with one attached hydrogen (secondary N) is 1. The molecule has 1 aromatic carbocycles. The van der Waals surface area contributed by atoms with Gasteiger partial charge in [-0.3, -0.25) is 5.32 Å². The Bertz CT molecular complexity index is 486. The number of hydrogen-bond acceptors (Lipinski definition) is 3. The summed E-state index contributed by atoms with van der Waals surface area (Å²) in [6.45, 7) is 0. The van der Waals surface area contributed by atoms with Gasteiger partial charge in [-0.1, -0.05) is 30.3 Å². The predicted molar refractivity (Wildman–Crippen MR) is 53.6 cm³/mol. The standard InChI is InChI=1S/C11H8F3NO3/c12-11(13,14)10(8(16)18-9(17)15-10)6-7-4-2-1-3-5-7/h1-5H,6H2,(H,15,17). The molecule has 1 amide bonds. The molecule has 0 aliphatic carbocycles. The van der Waals surface area contributed by atoms with Crippen molar-refractivity contribution in [3.63, 3.8) is 0 Å². The van der Waals surface area contributed by atoms with E-state index in [2.05, 4.69) is 4.74 Å². The average molecular weight is 259 g/mol. The number of alkyl carbamates (subject to hydrolysis) is 1. The van der Waals surface area contributed by atoms with Crippen molar-refractivity contribution in [2.45, 2.75) is 18.1 Å². The molecule has 1 aromatic rings. The highest BCUT2D eigenvalue weighted by atomic mass is 19.4. The fraction of sp³-hybridized carbons (Fsp3) is 0.273. The van der Waals surface area contributed by atoms with E-state index in [1.54, 1.807) is 23.5 Å². The van der Waals surface area contributed by atoms with Crippen LogP contribution in [0.1, 0.15) is 5.56 Å². The van der Waals surface area contributed by atoms with Gasteiger partial charge in [-0.15, -0.1) is 0 Å². The molecule has 1 heterocycles. The molecule has 1 atom stereocenters. The van der Waals surface area contributed by atoms with Gasteiger partial charge >= 0.3 is 18.2 Å². The van der Waals surface area contributed by atoms with Crippen LogP contribution in [0.5, 0.6) is 0 Å². The quantitative estimate of drug-likeness (QED) is 0.650. The molecule has 4 nitrogen and oxygen atoms in total. The van der Waals surface area contributed by atoms with Crippen LogP contribution in [0.4, 0.5) is 18.0 Å². The van der Waals surface area contributed by atoms with Crippen molar-refractivity contribution in [1.29, 1.82) is 0 Å². The largest absolute Gasteiger partial charge is 0.422 e. The average Bonchev–Trinajstić information content (AvgIpc) is 2.55. The van der Waals surface area contributed by atoms with E-state index in [1.807, 2.05) is 0 Å². The van der Waals surface area contributed by atoms with Gasteiger partial charge in [0, 0.05) is 6.42 Å². The lowest BCUT2D eigenvalue weighted by Gasteiger charge is -2.26. The van der Waals surface area contributed by atoms with Crippen molar-refractivity contribution < 1.29 is 27.5 Å². The molecule has 7 heteroatoms. The lowest BCUT2D eigenvalue weighted by Crippen LogP contribution is -2.59. The topological polar surface area (TPSA) is 55.4 Å². The van der Waals surface area contributed by atoms with Crippen LogP contribution in [0.15, 0.2) is 30.3 Å². The van der Waals surface area contributed by atoms with Gasteiger partial charge in [0.05, 0.1) is 0 Å². The van der Waals surface area contributed by atoms with Gasteiger partial charge in [0.15, 0.2) is 0 Å². The summed E-state index contributed by atoms with van der Waals surface area (Å²) in [5.41, 5.74) is -2.72. The fourth-order valence-corrected chi connectivity index (χ4v) is 1.73. The van der Waals surface area contributed by atoms with Crippen molar-refractivity contribution in [2.75, 3.05) is 0 Å². The first-order valence-electron chi connectivity index (χ1n) is 5.00. The Balaban J connectivity index is 2.39. The van der Waals surface area contributed by atoms with Crippen molar-refractivity contribution >= 4 is 12.1 Å². The van der Waals surface area contributed by atoms with Crippen LogP contribution >= 0.6 is 0 Å². The van der Waals surface area contributed by atoms with Gasteiger partial charge in [0.1, 0.15) is 0 Å². The molecule has 0 saturated carbocycles. The van der Waals surface area contributed by atoms with Crippen molar-refractivity contribution in [3.8, 4) is 0 Å². The fourth-order valence-electron chi connectivity index (χ4n) is 1.73. The van der Waals surface area contributed by atoms with E-state index in [9.17, 15) is 22.8 Å². The Morgan fingerprint density at radius 1 is 1.17 bits per heavy atom. The number of hydrogen-bond donors (Lipinski definition) is 1. The Kier molecular flexibility index (Phi) is 2.76. The summed E-state index contributed by atoms with van der Waals surface area (Å²) in [5, 5.41) is 1.57. The molecule has 0 spiro atoms. The summed E-state index contributed by atoms with van der Waals surface area (Å²) < 4.78 is 43.0. The lowest BCUT2D eigenvalue weighted by atomic mass is 9.91. The Morgan fingerprint density at radius 2 is 1.78 bits per heavy atom. The first-order valence-corrected chi connectivity index (χ1v) is 5.00. The summed E-state index contributed by atoms with van der Waals surface area (Å²) in [5.74, 6) is -1.62. The number of amides is 1. The first-order chi connectivity index (χ1) is 8.35. The monoisotopic (exact) mass is 259 g/mol. The Labute approximate surface area is 99.7 Å². The van der Waals surface area contributed by atoms with Crippen LogP contribution in [0.25, 0.3) is 0 Å². The zero-order chi connectivity index (χ0) is 13.4. The van der Waals surface area contributed by atoms with Crippen molar-refractivity contribution in [3.05, 3.63) is 35.9 Å². The maximum absolute atomic E-state index is 13.0. The van der Waals surface area contributed by atoms with Crippen LogP contribution in [-0.4, -0.2) is 23.8 Å². The lowest BCUT2D eigenvalue weighted by molar-refractivity contribution is -0.198. The minimum Gasteiger partial charge on any atom is -0.374 e. The molecular formula is C11H8F3NO3. The summed E-state index contributed by atoms with van der Waals surface area (Å²) in [6.07, 6.45) is -7.00. The smallest absolute Gasteiger partial charge is 0.374 e. The first kappa shape index (κ1) is 12.4. The maximum Gasteiger partial charge on any atom is 0.422 e. The molecule has 0 radical (unpaired) electrons. The van der Waals surface area contributed by atoms with Crippen LogP contribution in [0.3, 0.4) is 0 Å². The normalized spacial score (nSPS) is 23.7. The molecule has 0 aromatic heterocycles. The van der Waals surface area contributed by atoms with Crippen LogP contribution in [0, 0.1) is 0 Å². The van der Waals surface area contributed by atoms with Gasteiger partial charge in [0.25, 0.3) is 0 Å². The van der Waals surface area contributed by atoms with Gasteiger partial charge in [-0.2, -0.15) is 13.2 Å². The summed E-state index contributed by atoms with van der Waals surface area (Å²) in [4.78, 5) is 22.2. The van der Waals surface area contributed by atoms with Gasteiger partial charge in [0.2, 0.25) is 5.54 Å². The third kappa shape index (κ3) is 1.92. The van der Waals surface area contributed by atoms with Crippen molar-refractivity contribution in [1.82, 2.24) is 5.32 Å². The van der Waals surface area contributed by atoms with Gasteiger partial charge < -0.3 is 4.74 Å². The van der Waals surface area contributed by atoms with Crippen LogP contribution in [-0.2, 0) is 16.0 Å². The molecule has 1 saturated heterocycles. The highest BCUT2D eigenvalue weighted by molar-refractivity contribution is 5.99. The molecule has 1 N–H and O–H groups in total.